The molecule has 2 amide bonds. The van der Waals surface area contributed by atoms with Gasteiger partial charge in [-0.15, -0.1) is 0 Å². The number of hydrogen-bond donors (Lipinski definition) is 0. The lowest BCUT2D eigenvalue weighted by Crippen LogP contribution is -2.42. The van der Waals surface area contributed by atoms with Crippen LogP contribution in [0.15, 0.2) is 54.6 Å². The van der Waals surface area contributed by atoms with Crippen molar-refractivity contribution in [3.8, 4) is 5.75 Å². The van der Waals surface area contributed by atoms with Crippen LogP contribution >= 0.6 is 0 Å². The molecule has 0 N–H and O–H groups in total. The summed E-state index contributed by atoms with van der Waals surface area (Å²) in [6.45, 7) is 3.15. The maximum absolute atomic E-state index is 12.5. The Morgan fingerprint density at radius 3 is 2.26 bits per heavy atom. The van der Waals surface area contributed by atoms with E-state index >= 15 is 0 Å². The molecule has 0 spiro atoms. The van der Waals surface area contributed by atoms with Gasteiger partial charge in [0.05, 0.1) is 12.5 Å². The standard InChI is InChI=1S/C24H28N2O5/c1-3-30-24(29)19-13-15-26(16-14-19)22(27)17-31-21-11-9-20(10-12-21)25(2)23(28)18-7-5-4-6-8-18/h4-12,19H,3,13-17H2,1-2H3. The van der Waals surface area contributed by atoms with Crippen molar-refractivity contribution in [3.63, 3.8) is 0 Å². The number of piperidine rings is 1. The number of rotatable bonds is 7. The van der Waals surface area contributed by atoms with Crippen LogP contribution in [0.3, 0.4) is 0 Å². The Balaban J connectivity index is 1.48. The fraction of sp³-hybridized carbons (Fsp3) is 0.375. The highest BCUT2D eigenvalue weighted by atomic mass is 16.5. The van der Waals surface area contributed by atoms with Gasteiger partial charge in [-0.05, 0) is 56.2 Å². The number of amides is 2. The molecule has 0 radical (unpaired) electrons. The van der Waals surface area contributed by atoms with Crippen molar-refractivity contribution in [1.29, 1.82) is 0 Å². The molecular weight excluding hydrogens is 396 g/mol. The van der Waals surface area contributed by atoms with Crippen molar-refractivity contribution < 1.29 is 23.9 Å². The van der Waals surface area contributed by atoms with E-state index in [1.54, 1.807) is 60.2 Å². The number of hydrogen-bond acceptors (Lipinski definition) is 5. The highest BCUT2D eigenvalue weighted by molar-refractivity contribution is 6.05. The minimum absolute atomic E-state index is 0.0673. The third-order valence-corrected chi connectivity index (χ3v) is 5.38. The van der Waals surface area contributed by atoms with Crippen LogP contribution in [-0.4, -0.2) is 56.0 Å². The summed E-state index contributed by atoms with van der Waals surface area (Å²) in [5.41, 5.74) is 1.34. The molecule has 0 aliphatic carbocycles. The average Bonchev–Trinajstić information content (AvgIpc) is 2.82. The van der Waals surface area contributed by atoms with E-state index < -0.39 is 0 Å². The fourth-order valence-electron chi connectivity index (χ4n) is 3.52. The Bertz CT molecular complexity index is 890. The average molecular weight is 424 g/mol. The first-order valence-electron chi connectivity index (χ1n) is 10.5. The Kier molecular flexibility index (Phi) is 7.65. The zero-order valence-corrected chi connectivity index (χ0v) is 18.0. The van der Waals surface area contributed by atoms with Crippen LogP contribution in [-0.2, 0) is 14.3 Å². The first-order chi connectivity index (χ1) is 15.0. The van der Waals surface area contributed by atoms with Crippen molar-refractivity contribution in [2.45, 2.75) is 19.8 Å². The zero-order chi connectivity index (χ0) is 22.2. The second-order valence-corrected chi connectivity index (χ2v) is 7.42. The molecule has 7 nitrogen and oxygen atoms in total. The normalized spacial score (nSPS) is 14.1. The predicted octanol–water partition coefficient (Wildman–Crippen LogP) is 3.14. The van der Waals surface area contributed by atoms with E-state index in [0.717, 1.165) is 5.69 Å². The van der Waals surface area contributed by atoms with Crippen molar-refractivity contribution in [2.75, 3.05) is 38.3 Å². The summed E-state index contributed by atoms with van der Waals surface area (Å²) in [7, 11) is 1.72. The van der Waals surface area contributed by atoms with Crippen molar-refractivity contribution in [1.82, 2.24) is 4.90 Å². The lowest BCUT2D eigenvalue weighted by Gasteiger charge is -2.30. The summed E-state index contributed by atoms with van der Waals surface area (Å²) in [5, 5.41) is 0. The fourth-order valence-corrected chi connectivity index (χ4v) is 3.52. The maximum Gasteiger partial charge on any atom is 0.309 e. The molecular formula is C24H28N2O5. The smallest absolute Gasteiger partial charge is 0.309 e. The molecule has 0 atom stereocenters. The van der Waals surface area contributed by atoms with E-state index in [0.29, 0.717) is 43.9 Å². The van der Waals surface area contributed by atoms with Crippen LogP contribution < -0.4 is 9.64 Å². The van der Waals surface area contributed by atoms with Crippen molar-refractivity contribution in [3.05, 3.63) is 60.2 Å². The molecule has 0 unspecified atom stereocenters. The molecule has 1 saturated heterocycles. The van der Waals surface area contributed by atoms with Crippen LogP contribution in [0.5, 0.6) is 5.75 Å². The van der Waals surface area contributed by atoms with Crippen LogP contribution in [0, 0.1) is 5.92 Å². The van der Waals surface area contributed by atoms with Gasteiger partial charge in [0, 0.05) is 31.4 Å². The third kappa shape index (κ3) is 5.84. The van der Waals surface area contributed by atoms with Gasteiger partial charge in [0.2, 0.25) is 0 Å². The molecule has 0 bridgehead atoms. The van der Waals surface area contributed by atoms with Gasteiger partial charge in [-0.1, -0.05) is 18.2 Å². The lowest BCUT2D eigenvalue weighted by atomic mass is 9.97. The van der Waals surface area contributed by atoms with Gasteiger partial charge in [-0.3, -0.25) is 14.4 Å². The molecule has 1 aliphatic heterocycles. The summed E-state index contributed by atoms with van der Waals surface area (Å²) in [6.07, 6.45) is 1.22. The number of carbonyl (C=O) groups is 3. The number of nitrogens with zero attached hydrogens (tertiary/aromatic N) is 2. The second kappa shape index (κ2) is 10.6. The minimum Gasteiger partial charge on any atom is -0.484 e. The SMILES string of the molecule is CCOC(=O)C1CCN(C(=O)COc2ccc(N(C)C(=O)c3ccccc3)cc2)CC1. The highest BCUT2D eigenvalue weighted by Crippen LogP contribution is 2.21. The molecule has 7 heteroatoms. The van der Waals surface area contributed by atoms with Gasteiger partial charge in [-0.25, -0.2) is 0 Å². The summed E-state index contributed by atoms with van der Waals surface area (Å²) in [5.74, 6) is 0.0344. The molecule has 2 aromatic rings. The molecule has 0 saturated carbocycles. The maximum atomic E-state index is 12.5. The first kappa shape index (κ1) is 22.3. The van der Waals surface area contributed by atoms with Crippen molar-refractivity contribution >= 4 is 23.5 Å². The largest absolute Gasteiger partial charge is 0.484 e. The van der Waals surface area contributed by atoms with Crippen molar-refractivity contribution in [2.24, 2.45) is 5.92 Å². The van der Waals surface area contributed by atoms with Crippen LogP contribution in [0.2, 0.25) is 0 Å². The highest BCUT2D eigenvalue weighted by Gasteiger charge is 2.28. The van der Waals surface area contributed by atoms with E-state index in [-0.39, 0.29) is 30.3 Å². The van der Waals surface area contributed by atoms with E-state index in [4.69, 9.17) is 9.47 Å². The number of benzene rings is 2. The third-order valence-electron chi connectivity index (χ3n) is 5.38. The Morgan fingerprint density at radius 2 is 1.65 bits per heavy atom. The van der Waals surface area contributed by atoms with Crippen LogP contribution in [0.4, 0.5) is 5.69 Å². The summed E-state index contributed by atoms with van der Waals surface area (Å²) in [4.78, 5) is 40.1. The van der Waals surface area contributed by atoms with Crippen LogP contribution in [0.25, 0.3) is 0 Å². The van der Waals surface area contributed by atoms with Gasteiger partial charge in [0.25, 0.3) is 11.8 Å². The van der Waals surface area contributed by atoms with Gasteiger partial charge >= 0.3 is 5.97 Å². The number of carbonyl (C=O) groups excluding carboxylic acids is 3. The molecule has 2 aromatic carbocycles. The van der Waals surface area contributed by atoms with E-state index in [9.17, 15) is 14.4 Å². The minimum atomic E-state index is -0.179. The van der Waals surface area contributed by atoms with E-state index in [2.05, 4.69) is 0 Å². The Morgan fingerprint density at radius 1 is 1.00 bits per heavy atom. The molecule has 164 valence electrons. The molecule has 3 rings (SSSR count). The number of esters is 1. The molecule has 1 aliphatic rings. The van der Waals surface area contributed by atoms with Crippen LogP contribution in [0.1, 0.15) is 30.1 Å². The molecule has 1 fully saturated rings. The van der Waals surface area contributed by atoms with Gasteiger partial charge in [0.15, 0.2) is 6.61 Å². The first-order valence-corrected chi connectivity index (χ1v) is 10.5. The predicted molar refractivity (Wildman–Crippen MR) is 117 cm³/mol. The van der Waals surface area contributed by atoms with E-state index in [1.165, 1.54) is 0 Å². The summed E-state index contributed by atoms with van der Waals surface area (Å²) >= 11 is 0. The van der Waals surface area contributed by atoms with Gasteiger partial charge < -0.3 is 19.3 Å². The number of likely N-dealkylation sites (tertiary alicyclic amines) is 1. The topological polar surface area (TPSA) is 76.2 Å². The Labute approximate surface area is 182 Å². The summed E-state index contributed by atoms with van der Waals surface area (Å²) in [6, 6.07) is 16.1. The second-order valence-electron chi connectivity index (χ2n) is 7.42. The van der Waals surface area contributed by atoms with Gasteiger partial charge in [-0.2, -0.15) is 0 Å². The van der Waals surface area contributed by atoms with Gasteiger partial charge in [0.1, 0.15) is 5.75 Å². The molecule has 0 aromatic heterocycles. The molecule has 1 heterocycles. The number of anilines is 1. The summed E-state index contributed by atoms with van der Waals surface area (Å²) < 4.78 is 10.7. The monoisotopic (exact) mass is 424 g/mol. The number of ether oxygens (including phenoxy) is 2. The lowest BCUT2D eigenvalue weighted by molar-refractivity contribution is -0.151. The molecule has 31 heavy (non-hydrogen) atoms. The zero-order valence-electron chi connectivity index (χ0n) is 18.0. The quantitative estimate of drug-likeness (QED) is 0.639. The van der Waals surface area contributed by atoms with E-state index in [1.807, 2.05) is 18.2 Å². The Hall–Kier alpha value is -3.35.